The second kappa shape index (κ2) is 13.2. The van der Waals surface area contributed by atoms with E-state index >= 15 is 0 Å². The molecule has 0 saturated carbocycles. The molecule has 44 heavy (non-hydrogen) atoms. The van der Waals surface area contributed by atoms with Crippen molar-refractivity contribution in [2.75, 3.05) is 31.5 Å². The van der Waals surface area contributed by atoms with Gasteiger partial charge in [-0.15, -0.1) is 0 Å². The molecular formula is C33H39N5O5S. The van der Waals surface area contributed by atoms with Crippen LogP contribution in [0.15, 0.2) is 90.3 Å². The van der Waals surface area contributed by atoms with Gasteiger partial charge in [-0.25, -0.2) is 4.98 Å². The maximum atomic E-state index is 13.8. The lowest BCUT2D eigenvalue weighted by Gasteiger charge is -2.38. The molecule has 0 fully saturated rings. The first-order valence-electron chi connectivity index (χ1n) is 14.6. The van der Waals surface area contributed by atoms with Crippen LogP contribution in [-0.4, -0.2) is 77.7 Å². The molecule has 10 nitrogen and oxygen atoms in total. The van der Waals surface area contributed by atoms with Gasteiger partial charge in [0.05, 0.1) is 24.5 Å². The van der Waals surface area contributed by atoms with Gasteiger partial charge in [-0.1, -0.05) is 61.5 Å². The Morgan fingerprint density at radius 3 is 2.45 bits per heavy atom. The minimum Gasteiger partial charge on any atom is -0.488 e. The maximum Gasteiger partial charge on any atom is 0.280 e. The van der Waals surface area contributed by atoms with E-state index in [0.29, 0.717) is 25.4 Å². The lowest BCUT2D eigenvalue weighted by atomic mass is 9.99. The Morgan fingerprint density at radius 1 is 1.09 bits per heavy atom. The topological polar surface area (TPSA) is 117 Å². The van der Waals surface area contributed by atoms with Gasteiger partial charge >= 0.3 is 0 Å². The Labute approximate surface area is 259 Å². The second-order valence-electron chi connectivity index (χ2n) is 11.6. The summed E-state index contributed by atoms with van der Waals surface area (Å²) in [5, 5.41) is 9.84. The van der Waals surface area contributed by atoms with Gasteiger partial charge in [0, 0.05) is 44.5 Å². The number of sulfonamides is 1. The number of fused-ring (bicyclic) bond motifs is 1. The Bertz CT molecular complexity index is 1690. The number of rotatable bonds is 10. The van der Waals surface area contributed by atoms with E-state index in [1.165, 1.54) is 29.7 Å². The summed E-state index contributed by atoms with van der Waals surface area (Å²) < 4.78 is 36.4. The number of carbonyl (C=O) groups is 1. The Balaban J connectivity index is 1.36. The Kier molecular flexibility index (Phi) is 9.38. The number of aryl methyl sites for hydroxylation is 1. The molecule has 1 aromatic heterocycles. The Hall–Kier alpha value is -4.19. The number of hydrogen-bond donors (Lipinski definition) is 2. The zero-order chi connectivity index (χ0) is 31.4. The smallest absolute Gasteiger partial charge is 0.280 e. The summed E-state index contributed by atoms with van der Waals surface area (Å²) in [6, 6.07) is 23.0. The van der Waals surface area contributed by atoms with Crippen molar-refractivity contribution in [2.45, 2.75) is 37.6 Å². The lowest BCUT2D eigenvalue weighted by molar-refractivity contribution is 0.0341. The minimum absolute atomic E-state index is 0.0497. The lowest BCUT2D eigenvalue weighted by Crippen LogP contribution is -2.49. The van der Waals surface area contributed by atoms with Gasteiger partial charge in [-0.2, -0.15) is 8.42 Å². The zero-order valence-corrected chi connectivity index (χ0v) is 26.2. The van der Waals surface area contributed by atoms with Crippen LogP contribution in [0.25, 0.3) is 11.1 Å². The molecule has 4 aromatic rings. The monoisotopic (exact) mass is 617 g/mol. The van der Waals surface area contributed by atoms with E-state index in [9.17, 15) is 18.3 Å². The van der Waals surface area contributed by atoms with Crippen molar-refractivity contribution in [1.29, 1.82) is 0 Å². The number of anilines is 1. The van der Waals surface area contributed by atoms with Gasteiger partial charge in [0.1, 0.15) is 11.9 Å². The first kappa shape index (κ1) is 31.2. The highest BCUT2D eigenvalue weighted by Gasteiger charge is 2.34. The number of ether oxygens (including phenoxy) is 1. The summed E-state index contributed by atoms with van der Waals surface area (Å²) in [7, 11) is -0.247. The number of nitrogens with zero attached hydrogens (tertiary/aromatic N) is 4. The van der Waals surface area contributed by atoms with E-state index in [4.69, 9.17) is 4.74 Å². The maximum absolute atomic E-state index is 13.8. The van der Waals surface area contributed by atoms with E-state index in [2.05, 4.69) is 51.0 Å². The molecule has 2 heterocycles. The molecule has 232 valence electrons. The summed E-state index contributed by atoms with van der Waals surface area (Å²) in [5.41, 5.74) is 3.94. The molecular weight excluding hydrogens is 578 g/mol. The van der Waals surface area contributed by atoms with Crippen molar-refractivity contribution in [3.05, 3.63) is 96.4 Å². The average molecular weight is 618 g/mol. The van der Waals surface area contributed by atoms with Crippen LogP contribution in [0.5, 0.6) is 5.75 Å². The van der Waals surface area contributed by atoms with Crippen molar-refractivity contribution < 1.29 is 23.1 Å². The van der Waals surface area contributed by atoms with Crippen LogP contribution in [0.2, 0.25) is 0 Å². The number of aromatic nitrogens is 2. The van der Waals surface area contributed by atoms with Gasteiger partial charge in [-0.3, -0.25) is 14.4 Å². The fourth-order valence-electron chi connectivity index (χ4n) is 5.36. The van der Waals surface area contributed by atoms with Crippen LogP contribution in [0.3, 0.4) is 0 Å². The highest BCUT2D eigenvalue weighted by molar-refractivity contribution is 7.92. The molecule has 0 unspecified atom stereocenters. The van der Waals surface area contributed by atoms with E-state index in [1.807, 2.05) is 32.2 Å². The predicted octanol–water partition coefficient (Wildman–Crippen LogP) is 4.24. The van der Waals surface area contributed by atoms with Crippen LogP contribution >= 0.6 is 0 Å². The van der Waals surface area contributed by atoms with Crippen molar-refractivity contribution in [1.82, 2.24) is 19.4 Å². The molecule has 0 radical (unpaired) electrons. The molecule has 0 spiro atoms. The number of aliphatic hydroxyl groups is 1. The van der Waals surface area contributed by atoms with Crippen LogP contribution in [-0.2, 0) is 23.6 Å². The first-order valence-corrected chi connectivity index (χ1v) is 16.1. The van der Waals surface area contributed by atoms with Crippen LogP contribution in [0.1, 0.15) is 29.8 Å². The molecule has 3 aromatic carbocycles. The molecule has 1 aliphatic heterocycles. The number of benzene rings is 3. The molecule has 1 aliphatic rings. The molecule has 5 rings (SSSR count). The number of imidazole rings is 1. The largest absolute Gasteiger partial charge is 0.488 e. The molecule has 0 bridgehead atoms. The summed E-state index contributed by atoms with van der Waals surface area (Å²) in [4.78, 5) is 21.5. The number of likely N-dealkylation sites (N-methyl/N-ethyl adjacent to an activating group) is 1. The second-order valence-corrected chi connectivity index (χ2v) is 13.2. The van der Waals surface area contributed by atoms with Gasteiger partial charge in [0.15, 0.2) is 5.03 Å². The SMILES string of the molecule is C[C@H](CO)N1C[C@H](C)[C@H](CN(C)Cc2ccc(-c3ccccc3)cc2)Oc2ccc(NS(=O)(=O)c3cn(C)cn3)cc2C1=O. The number of amides is 1. The van der Waals surface area contributed by atoms with E-state index in [1.54, 1.807) is 35.6 Å². The summed E-state index contributed by atoms with van der Waals surface area (Å²) in [6.07, 6.45) is 2.52. The van der Waals surface area contributed by atoms with Crippen molar-refractivity contribution in [2.24, 2.45) is 13.0 Å². The summed E-state index contributed by atoms with van der Waals surface area (Å²) in [5.74, 6) is -0.0213. The van der Waals surface area contributed by atoms with Gasteiger partial charge < -0.3 is 19.3 Å². The quantitative estimate of drug-likeness (QED) is 0.273. The normalized spacial score (nSPS) is 17.9. The highest BCUT2D eigenvalue weighted by atomic mass is 32.2. The molecule has 2 N–H and O–H groups in total. The molecule has 0 saturated heterocycles. The van der Waals surface area contributed by atoms with E-state index < -0.39 is 16.1 Å². The molecule has 1 amide bonds. The third-order valence-electron chi connectivity index (χ3n) is 7.88. The van der Waals surface area contributed by atoms with Crippen molar-refractivity contribution in [3.8, 4) is 16.9 Å². The molecule has 11 heteroatoms. The van der Waals surface area contributed by atoms with Gasteiger partial charge in [-0.05, 0) is 48.9 Å². The van der Waals surface area contributed by atoms with Crippen LogP contribution < -0.4 is 9.46 Å². The number of hydrogen-bond acceptors (Lipinski definition) is 7. The molecule has 0 aliphatic carbocycles. The first-order chi connectivity index (χ1) is 21.0. The van der Waals surface area contributed by atoms with Crippen LogP contribution in [0, 0.1) is 5.92 Å². The van der Waals surface area contributed by atoms with Crippen LogP contribution in [0.4, 0.5) is 5.69 Å². The average Bonchev–Trinajstić information content (AvgIpc) is 3.47. The number of aliphatic hydroxyl groups excluding tert-OH is 1. The Morgan fingerprint density at radius 2 is 1.80 bits per heavy atom. The van der Waals surface area contributed by atoms with E-state index in [0.717, 1.165) is 5.56 Å². The standard InChI is InChI=1S/C33H39N5O5S/c1-23-17-38(24(2)21-39)33(40)29-16-28(35-44(41,42)32-20-37(4)22-34-32)14-15-30(29)43-31(23)19-36(3)18-25-10-12-27(13-11-25)26-8-6-5-7-9-26/h5-16,20,22-24,31,35,39H,17-19,21H2,1-4H3/t23-,24+,31-/m0/s1. The zero-order valence-electron chi connectivity index (χ0n) is 25.4. The van der Waals surface area contributed by atoms with Gasteiger partial charge in [0.2, 0.25) is 0 Å². The predicted molar refractivity (Wildman–Crippen MR) is 170 cm³/mol. The number of nitrogens with one attached hydrogen (secondary N) is 1. The van der Waals surface area contributed by atoms with Crippen molar-refractivity contribution >= 4 is 21.6 Å². The highest BCUT2D eigenvalue weighted by Crippen LogP contribution is 2.31. The van der Waals surface area contributed by atoms with E-state index in [-0.39, 0.29) is 40.8 Å². The van der Waals surface area contributed by atoms with Crippen molar-refractivity contribution in [3.63, 3.8) is 0 Å². The minimum atomic E-state index is -3.97. The summed E-state index contributed by atoms with van der Waals surface area (Å²) in [6.45, 7) is 5.29. The fourth-order valence-corrected chi connectivity index (χ4v) is 6.39. The third kappa shape index (κ3) is 7.12. The fraction of sp³-hybridized carbons (Fsp3) is 0.333. The number of carbonyl (C=O) groups excluding carboxylic acids is 1. The summed E-state index contributed by atoms with van der Waals surface area (Å²) >= 11 is 0. The molecule has 3 atom stereocenters. The third-order valence-corrected chi connectivity index (χ3v) is 9.14. The van der Waals surface area contributed by atoms with Gasteiger partial charge in [0.25, 0.3) is 15.9 Å².